The minimum absolute atomic E-state index is 0.111. The molecule has 19 heavy (non-hydrogen) atoms. The summed E-state index contributed by atoms with van der Waals surface area (Å²) in [5.41, 5.74) is 0.377. The molecule has 0 radical (unpaired) electrons. The summed E-state index contributed by atoms with van der Waals surface area (Å²) >= 11 is 0. The first-order valence-electron chi connectivity index (χ1n) is 5.49. The van der Waals surface area contributed by atoms with Crippen molar-refractivity contribution >= 4 is 5.97 Å². The second-order valence-electron chi connectivity index (χ2n) is 3.48. The Morgan fingerprint density at radius 3 is 2.79 bits per heavy atom. The van der Waals surface area contributed by atoms with Crippen LogP contribution in [-0.2, 0) is 9.57 Å². The van der Waals surface area contributed by atoms with E-state index in [9.17, 15) is 10.0 Å². The third-order valence-corrected chi connectivity index (χ3v) is 2.10. The van der Waals surface area contributed by atoms with E-state index in [-0.39, 0.29) is 18.1 Å². The Morgan fingerprint density at radius 2 is 2.16 bits per heavy atom. The van der Waals surface area contributed by atoms with E-state index in [1.165, 1.54) is 7.05 Å². The average Bonchev–Trinajstić information content (AvgIpc) is 2.44. The molecule has 0 amide bonds. The largest absolute Gasteiger partial charge is 0.569 e. The summed E-state index contributed by atoms with van der Waals surface area (Å²) in [4.78, 5) is 16.1. The van der Waals surface area contributed by atoms with Crippen LogP contribution in [0.5, 0.6) is 0 Å². The zero-order valence-corrected chi connectivity index (χ0v) is 10.4. The molecule has 1 aromatic carbocycles. The van der Waals surface area contributed by atoms with E-state index < -0.39 is 12.8 Å². The van der Waals surface area contributed by atoms with Gasteiger partial charge in [0.1, 0.15) is 0 Å². The summed E-state index contributed by atoms with van der Waals surface area (Å²) < 4.78 is 4.73. The number of nitrogens with zero attached hydrogens (tertiary/aromatic N) is 3. The molecule has 8 nitrogen and oxygen atoms in total. The maximum Gasteiger partial charge on any atom is 0.341 e. The third kappa shape index (κ3) is 5.21. The van der Waals surface area contributed by atoms with Gasteiger partial charge in [0.15, 0.2) is 0 Å². The molecular formula is C11H15N3O5. The summed E-state index contributed by atoms with van der Waals surface area (Å²) in [6.07, 6.45) is 0. The molecule has 0 aliphatic rings. The number of hydrogen-bond acceptors (Lipinski definition) is 6. The van der Waals surface area contributed by atoms with E-state index in [4.69, 9.17) is 9.84 Å². The summed E-state index contributed by atoms with van der Waals surface area (Å²) in [5.74, 6) is -0.572. The van der Waals surface area contributed by atoms with Crippen LogP contribution in [0.15, 0.2) is 35.6 Å². The van der Waals surface area contributed by atoms with Crippen LogP contribution >= 0.6 is 0 Å². The van der Waals surface area contributed by atoms with Crippen LogP contribution in [0.1, 0.15) is 10.4 Å². The van der Waals surface area contributed by atoms with E-state index in [1.54, 1.807) is 30.3 Å². The van der Waals surface area contributed by atoms with Gasteiger partial charge in [0.25, 0.3) is 6.79 Å². The number of aliphatic hydroxyl groups excluding tert-OH is 1. The van der Waals surface area contributed by atoms with Crippen LogP contribution < -0.4 is 0 Å². The van der Waals surface area contributed by atoms with Crippen molar-refractivity contribution in [2.24, 2.45) is 5.28 Å². The van der Waals surface area contributed by atoms with E-state index in [2.05, 4.69) is 10.1 Å². The van der Waals surface area contributed by atoms with Gasteiger partial charge in [-0.15, -0.1) is 5.01 Å². The Bertz CT molecular complexity index is 424. The maximum atomic E-state index is 11.4. The summed E-state index contributed by atoms with van der Waals surface area (Å²) in [6.45, 7) is -0.548. The van der Waals surface area contributed by atoms with E-state index in [1.807, 2.05) is 0 Å². The smallest absolute Gasteiger partial charge is 0.341 e. The highest BCUT2D eigenvalue weighted by Gasteiger charge is 2.07. The molecule has 0 aromatic heterocycles. The number of hydrazine groups is 1. The number of carbonyl (C=O) groups is 1. The van der Waals surface area contributed by atoms with Gasteiger partial charge in [-0.1, -0.05) is 18.2 Å². The SMILES string of the molecule is CN(CCO)[N+]([O-])=NOCOC(=O)c1ccccc1. The molecule has 0 bridgehead atoms. The fourth-order valence-corrected chi connectivity index (χ4v) is 1.10. The summed E-state index contributed by atoms with van der Waals surface area (Å²) in [6, 6.07) is 8.35. The van der Waals surface area contributed by atoms with Gasteiger partial charge in [-0.25, -0.2) is 4.79 Å². The Hall–Kier alpha value is -2.35. The van der Waals surface area contributed by atoms with Crippen LogP contribution in [0.4, 0.5) is 0 Å². The van der Waals surface area contributed by atoms with Crippen LogP contribution in [0.3, 0.4) is 0 Å². The zero-order valence-electron chi connectivity index (χ0n) is 10.4. The number of likely N-dealkylation sites (N-methyl/N-ethyl adjacent to an activating group) is 1. The topological polar surface area (TPSA) is 97.4 Å². The summed E-state index contributed by atoms with van der Waals surface area (Å²) in [5, 5.41) is 23.9. The van der Waals surface area contributed by atoms with Gasteiger partial charge in [-0.3, -0.25) is 0 Å². The van der Waals surface area contributed by atoms with Crippen molar-refractivity contribution in [2.45, 2.75) is 0 Å². The number of carbonyl (C=O) groups excluding carboxylic acids is 1. The van der Waals surface area contributed by atoms with E-state index >= 15 is 0 Å². The Morgan fingerprint density at radius 1 is 1.47 bits per heavy atom. The van der Waals surface area contributed by atoms with Gasteiger partial charge < -0.3 is 19.9 Å². The first-order chi connectivity index (χ1) is 9.15. The van der Waals surface area contributed by atoms with Crippen molar-refractivity contribution in [1.29, 1.82) is 0 Å². The number of aliphatic hydroxyl groups is 1. The lowest BCUT2D eigenvalue weighted by Crippen LogP contribution is -2.29. The van der Waals surface area contributed by atoms with Crippen molar-refractivity contribution in [1.82, 2.24) is 5.01 Å². The highest BCUT2D eigenvalue weighted by Crippen LogP contribution is 2.00. The van der Waals surface area contributed by atoms with E-state index in [0.717, 1.165) is 5.01 Å². The van der Waals surface area contributed by atoms with Gasteiger partial charge in [-0.05, 0) is 12.1 Å². The second-order valence-corrected chi connectivity index (χ2v) is 3.48. The van der Waals surface area contributed by atoms with Crippen LogP contribution in [-0.4, -0.2) is 48.0 Å². The highest BCUT2D eigenvalue weighted by molar-refractivity contribution is 5.89. The third-order valence-electron chi connectivity index (χ3n) is 2.10. The predicted octanol–water partition coefficient (Wildman–Crippen LogP) is 0.534. The monoisotopic (exact) mass is 269 g/mol. The highest BCUT2D eigenvalue weighted by atomic mass is 16.8. The molecule has 1 N–H and O–H groups in total. The molecular weight excluding hydrogens is 254 g/mol. The van der Waals surface area contributed by atoms with Gasteiger partial charge in [0.2, 0.25) is 5.28 Å². The Kier molecular flexibility index (Phi) is 6.10. The van der Waals surface area contributed by atoms with Crippen molar-refractivity contribution in [3.63, 3.8) is 0 Å². The molecule has 1 rings (SSSR count). The molecule has 0 aliphatic heterocycles. The van der Waals surface area contributed by atoms with Crippen LogP contribution in [0.25, 0.3) is 0 Å². The lowest BCUT2D eigenvalue weighted by atomic mass is 10.2. The minimum Gasteiger partial charge on any atom is -0.569 e. The average molecular weight is 269 g/mol. The van der Waals surface area contributed by atoms with Crippen molar-refractivity contribution < 1.29 is 24.4 Å². The first-order valence-corrected chi connectivity index (χ1v) is 5.49. The zero-order chi connectivity index (χ0) is 14.1. The molecule has 0 unspecified atom stereocenters. The lowest BCUT2D eigenvalue weighted by molar-refractivity contribution is -0.706. The molecule has 0 aliphatic carbocycles. The number of esters is 1. The second kappa shape index (κ2) is 7.88. The molecule has 0 atom stereocenters. The van der Waals surface area contributed by atoms with E-state index in [0.29, 0.717) is 5.56 Å². The number of benzene rings is 1. The Balaban J connectivity index is 2.31. The maximum absolute atomic E-state index is 11.4. The van der Waals surface area contributed by atoms with Gasteiger partial charge in [0, 0.05) is 0 Å². The van der Waals surface area contributed by atoms with Gasteiger partial charge in [-0.2, -0.15) is 0 Å². The first kappa shape index (κ1) is 14.7. The molecule has 0 fully saturated rings. The van der Waals surface area contributed by atoms with Crippen molar-refractivity contribution in [3.8, 4) is 0 Å². The number of rotatable bonds is 7. The molecule has 0 saturated carbocycles. The van der Waals surface area contributed by atoms with Gasteiger partial charge in [0.05, 0.1) is 30.7 Å². The van der Waals surface area contributed by atoms with Crippen LogP contribution in [0.2, 0.25) is 0 Å². The van der Waals surface area contributed by atoms with Crippen molar-refractivity contribution in [3.05, 3.63) is 41.1 Å². The minimum atomic E-state index is -0.572. The van der Waals surface area contributed by atoms with Gasteiger partial charge >= 0.3 is 5.97 Å². The quantitative estimate of drug-likeness (QED) is 0.194. The molecule has 0 spiro atoms. The number of ether oxygens (including phenoxy) is 1. The number of hydrogen-bond donors (Lipinski definition) is 1. The fourth-order valence-electron chi connectivity index (χ4n) is 1.10. The molecule has 1 aromatic rings. The van der Waals surface area contributed by atoms with Crippen LogP contribution in [0, 0.1) is 5.21 Å². The molecule has 0 heterocycles. The standard InChI is InChI=1S/C11H15N3O5/c1-13(7-8-15)14(17)12-19-9-18-11(16)10-5-3-2-4-6-10/h2-6,15H,7-9H2,1H3. The van der Waals surface area contributed by atoms with Crippen molar-refractivity contribution in [2.75, 3.05) is 27.0 Å². The molecule has 104 valence electrons. The molecule has 8 heteroatoms. The lowest BCUT2D eigenvalue weighted by Gasteiger charge is -2.10. The summed E-state index contributed by atoms with van der Waals surface area (Å²) in [7, 11) is 1.42. The molecule has 0 saturated heterocycles. The Labute approximate surface area is 110 Å². The fraction of sp³-hybridized carbons (Fsp3) is 0.364. The predicted molar refractivity (Wildman–Crippen MR) is 63.6 cm³/mol. The normalized spacial score (nSPS) is 10.9.